The quantitative estimate of drug-likeness (QED) is 0.666. The highest BCUT2D eigenvalue weighted by molar-refractivity contribution is 6.36. The second-order valence-electron chi connectivity index (χ2n) is 4.37. The molecule has 0 unspecified atom stereocenters. The maximum absolute atomic E-state index is 6.23. The Morgan fingerprint density at radius 1 is 0.905 bits per heavy atom. The molecule has 0 aliphatic rings. The number of halogens is 3. The fraction of sp³-hybridized carbons (Fsp3) is 0. The van der Waals surface area contributed by atoms with Crippen molar-refractivity contribution in [1.29, 1.82) is 0 Å². The Morgan fingerprint density at radius 2 is 1.62 bits per heavy atom. The van der Waals surface area contributed by atoms with Crippen molar-refractivity contribution in [1.82, 2.24) is 5.16 Å². The summed E-state index contributed by atoms with van der Waals surface area (Å²) in [6, 6.07) is 12.4. The molecular formula is C15H9Cl3N2O. The van der Waals surface area contributed by atoms with Crippen molar-refractivity contribution < 1.29 is 4.52 Å². The summed E-state index contributed by atoms with van der Waals surface area (Å²) < 4.78 is 5.12. The second kappa shape index (κ2) is 5.60. The third-order valence-corrected chi connectivity index (χ3v) is 3.94. The zero-order valence-electron chi connectivity index (χ0n) is 10.6. The number of aromatic nitrogens is 1. The smallest absolute Gasteiger partial charge is 0.230 e. The van der Waals surface area contributed by atoms with E-state index < -0.39 is 0 Å². The van der Waals surface area contributed by atoms with Crippen LogP contribution < -0.4 is 5.73 Å². The van der Waals surface area contributed by atoms with Gasteiger partial charge >= 0.3 is 0 Å². The molecule has 0 aliphatic heterocycles. The van der Waals surface area contributed by atoms with E-state index >= 15 is 0 Å². The number of benzene rings is 2. The van der Waals surface area contributed by atoms with Gasteiger partial charge in [-0.3, -0.25) is 0 Å². The molecule has 0 spiro atoms. The lowest BCUT2D eigenvalue weighted by Crippen LogP contribution is -1.89. The molecule has 0 saturated carbocycles. The van der Waals surface area contributed by atoms with Gasteiger partial charge in [-0.25, -0.2) is 0 Å². The van der Waals surface area contributed by atoms with Crippen molar-refractivity contribution in [3.63, 3.8) is 0 Å². The molecule has 3 nitrogen and oxygen atoms in total. The van der Waals surface area contributed by atoms with Crippen LogP contribution in [0.25, 0.3) is 22.4 Å². The Kier molecular flexibility index (Phi) is 3.81. The third-order valence-electron chi connectivity index (χ3n) is 3.05. The summed E-state index contributed by atoms with van der Waals surface area (Å²) in [6.45, 7) is 0. The highest BCUT2D eigenvalue weighted by Gasteiger charge is 2.21. The molecule has 3 rings (SSSR count). The minimum atomic E-state index is 0.175. The van der Waals surface area contributed by atoms with Crippen molar-refractivity contribution in [2.75, 3.05) is 5.73 Å². The van der Waals surface area contributed by atoms with Crippen molar-refractivity contribution in [2.24, 2.45) is 0 Å². The molecule has 3 aromatic rings. The number of nitrogens with zero attached hydrogens (tertiary/aromatic N) is 1. The van der Waals surface area contributed by atoms with Gasteiger partial charge in [-0.15, -0.1) is 0 Å². The lowest BCUT2D eigenvalue weighted by molar-refractivity contribution is 0.439. The molecule has 2 aromatic carbocycles. The zero-order chi connectivity index (χ0) is 15.0. The Bertz CT molecular complexity index is 814. The Labute approximate surface area is 136 Å². The van der Waals surface area contributed by atoms with Gasteiger partial charge in [0.05, 0.1) is 10.6 Å². The Morgan fingerprint density at radius 3 is 2.38 bits per heavy atom. The molecule has 0 bridgehead atoms. The van der Waals surface area contributed by atoms with Crippen molar-refractivity contribution in [3.05, 3.63) is 57.5 Å². The minimum absolute atomic E-state index is 0.175. The molecule has 2 N–H and O–H groups in total. The summed E-state index contributed by atoms with van der Waals surface area (Å²) in [5, 5.41) is 5.60. The Hall–Kier alpha value is -1.68. The van der Waals surface area contributed by atoms with Gasteiger partial charge in [0, 0.05) is 21.2 Å². The lowest BCUT2D eigenvalue weighted by atomic mass is 10.0. The first-order valence-corrected chi connectivity index (χ1v) is 7.17. The molecule has 0 radical (unpaired) electrons. The normalized spacial score (nSPS) is 10.8. The van der Waals surface area contributed by atoms with E-state index in [1.54, 1.807) is 24.3 Å². The fourth-order valence-corrected chi connectivity index (χ4v) is 2.70. The average molecular weight is 340 g/mol. The van der Waals surface area contributed by atoms with Gasteiger partial charge < -0.3 is 10.3 Å². The number of anilines is 1. The molecule has 1 heterocycles. The zero-order valence-corrected chi connectivity index (χ0v) is 12.9. The van der Waals surface area contributed by atoms with Gasteiger partial charge in [-0.05, 0) is 24.3 Å². The van der Waals surface area contributed by atoms with Crippen LogP contribution in [0.3, 0.4) is 0 Å². The van der Waals surface area contributed by atoms with Gasteiger partial charge in [0.15, 0.2) is 0 Å². The average Bonchev–Trinajstić information content (AvgIpc) is 2.84. The van der Waals surface area contributed by atoms with E-state index in [-0.39, 0.29) is 5.88 Å². The third kappa shape index (κ3) is 2.60. The van der Waals surface area contributed by atoms with Gasteiger partial charge in [0.1, 0.15) is 5.69 Å². The first-order chi connectivity index (χ1) is 10.1. The van der Waals surface area contributed by atoms with Crippen LogP contribution in [-0.4, -0.2) is 5.16 Å². The summed E-state index contributed by atoms with van der Waals surface area (Å²) in [6.07, 6.45) is 0. The van der Waals surface area contributed by atoms with Crippen LogP contribution in [-0.2, 0) is 0 Å². The summed E-state index contributed by atoms with van der Waals surface area (Å²) in [5.41, 5.74) is 8.38. The number of hydrogen-bond donors (Lipinski definition) is 1. The SMILES string of the molecule is Nc1onc(-c2cc(Cl)ccc2Cl)c1-c1ccccc1Cl. The lowest BCUT2D eigenvalue weighted by Gasteiger charge is -2.06. The molecule has 6 heteroatoms. The monoisotopic (exact) mass is 338 g/mol. The van der Waals surface area contributed by atoms with Crippen LogP contribution in [0.4, 0.5) is 5.88 Å². The molecule has 106 valence electrons. The predicted octanol–water partition coefficient (Wildman–Crippen LogP) is 5.55. The predicted molar refractivity (Wildman–Crippen MR) is 86.8 cm³/mol. The molecule has 0 amide bonds. The van der Waals surface area contributed by atoms with E-state index in [1.807, 2.05) is 18.2 Å². The van der Waals surface area contributed by atoms with Crippen molar-refractivity contribution in [2.45, 2.75) is 0 Å². The van der Waals surface area contributed by atoms with Crippen LogP contribution in [0.15, 0.2) is 47.0 Å². The van der Waals surface area contributed by atoms with Crippen molar-refractivity contribution >= 4 is 40.7 Å². The molecule has 0 fully saturated rings. The summed E-state index contributed by atoms with van der Waals surface area (Å²) in [4.78, 5) is 0. The van der Waals surface area contributed by atoms with E-state index in [9.17, 15) is 0 Å². The number of nitrogen functional groups attached to an aromatic ring is 1. The van der Waals surface area contributed by atoms with Crippen molar-refractivity contribution in [3.8, 4) is 22.4 Å². The highest BCUT2D eigenvalue weighted by atomic mass is 35.5. The molecule has 0 aliphatic carbocycles. The van der Waals surface area contributed by atoms with E-state index in [0.29, 0.717) is 31.9 Å². The Balaban J connectivity index is 2.27. The minimum Gasteiger partial charge on any atom is -0.367 e. The first-order valence-electron chi connectivity index (χ1n) is 6.03. The van der Waals surface area contributed by atoms with E-state index in [4.69, 9.17) is 45.1 Å². The van der Waals surface area contributed by atoms with Crippen LogP contribution >= 0.6 is 34.8 Å². The fourth-order valence-electron chi connectivity index (χ4n) is 2.09. The van der Waals surface area contributed by atoms with Crippen LogP contribution in [0.5, 0.6) is 0 Å². The van der Waals surface area contributed by atoms with Crippen LogP contribution in [0, 0.1) is 0 Å². The molecule has 1 aromatic heterocycles. The summed E-state index contributed by atoms with van der Waals surface area (Å²) in [5.74, 6) is 0.175. The molecule has 0 saturated heterocycles. The molecule has 21 heavy (non-hydrogen) atoms. The van der Waals surface area contributed by atoms with E-state index in [2.05, 4.69) is 5.16 Å². The standard InChI is InChI=1S/C15H9Cl3N2O/c16-8-5-6-12(18)10(7-8)14-13(15(19)21-20-14)9-3-1-2-4-11(9)17/h1-7H,19H2. The van der Waals surface area contributed by atoms with Crippen LogP contribution in [0.1, 0.15) is 0 Å². The van der Waals surface area contributed by atoms with Gasteiger partial charge in [0.2, 0.25) is 5.88 Å². The van der Waals surface area contributed by atoms with Gasteiger partial charge in [0.25, 0.3) is 0 Å². The maximum Gasteiger partial charge on any atom is 0.230 e. The highest BCUT2D eigenvalue weighted by Crippen LogP contribution is 2.42. The van der Waals surface area contributed by atoms with E-state index in [1.165, 1.54) is 0 Å². The van der Waals surface area contributed by atoms with Gasteiger partial charge in [-0.2, -0.15) is 0 Å². The molecular weight excluding hydrogens is 331 g/mol. The van der Waals surface area contributed by atoms with Gasteiger partial charge in [-0.1, -0.05) is 58.2 Å². The second-order valence-corrected chi connectivity index (χ2v) is 5.63. The summed E-state index contributed by atoms with van der Waals surface area (Å²) in [7, 11) is 0. The summed E-state index contributed by atoms with van der Waals surface area (Å²) >= 11 is 18.5. The van der Waals surface area contributed by atoms with Crippen LogP contribution in [0.2, 0.25) is 15.1 Å². The number of rotatable bonds is 2. The topological polar surface area (TPSA) is 52.0 Å². The first kappa shape index (κ1) is 14.3. The maximum atomic E-state index is 6.23. The largest absolute Gasteiger partial charge is 0.367 e. The number of nitrogens with two attached hydrogens (primary N) is 1. The number of hydrogen-bond acceptors (Lipinski definition) is 3. The molecule has 0 atom stereocenters. The van der Waals surface area contributed by atoms with E-state index in [0.717, 1.165) is 5.56 Å².